The number of hydrogen-bond acceptors (Lipinski definition) is 4. The van der Waals surface area contributed by atoms with E-state index in [4.69, 9.17) is 5.73 Å². The van der Waals surface area contributed by atoms with Crippen LogP contribution in [0.3, 0.4) is 0 Å². The maximum absolute atomic E-state index is 13.7. The average Bonchev–Trinajstić information content (AvgIpc) is 2.23. The van der Waals surface area contributed by atoms with Gasteiger partial charge in [0.2, 0.25) is 0 Å². The first-order valence-corrected chi connectivity index (χ1v) is 8.36. The monoisotopic (exact) mass is 366 g/mol. The molecule has 1 rings (SSSR count). The molecule has 3 N–H and O–H groups in total. The summed E-state index contributed by atoms with van der Waals surface area (Å²) >= 11 is 3.11. The van der Waals surface area contributed by atoms with Gasteiger partial charge >= 0.3 is 0 Å². The summed E-state index contributed by atoms with van der Waals surface area (Å²) in [7, 11) is -3.31. The standard InChI is InChI=1S/C12H16BrFN2O3S/c1-12(2,20(3,18)19)6-16-9-5-7(13)4-8(14)10(9)11(15)17/h4-5,16H,6H2,1-3H3,(H2,15,17). The number of nitrogens with two attached hydrogens (primary N) is 1. The van der Waals surface area contributed by atoms with Crippen molar-refractivity contribution >= 4 is 37.4 Å². The van der Waals surface area contributed by atoms with E-state index in [1.165, 1.54) is 19.9 Å². The average molecular weight is 367 g/mol. The van der Waals surface area contributed by atoms with Gasteiger partial charge in [-0.15, -0.1) is 0 Å². The van der Waals surface area contributed by atoms with Crippen LogP contribution in [-0.4, -0.2) is 31.9 Å². The fourth-order valence-corrected chi connectivity index (χ4v) is 2.17. The van der Waals surface area contributed by atoms with Gasteiger partial charge in [-0.1, -0.05) is 15.9 Å². The van der Waals surface area contributed by atoms with Crippen molar-refractivity contribution in [3.63, 3.8) is 0 Å². The van der Waals surface area contributed by atoms with Crippen LogP contribution in [0.25, 0.3) is 0 Å². The van der Waals surface area contributed by atoms with Crippen molar-refractivity contribution in [3.8, 4) is 0 Å². The van der Waals surface area contributed by atoms with Crippen molar-refractivity contribution in [2.45, 2.75) is 18.6 Å². The van der Waals surface area contributed by atoms with E-state index < -0.39 is 26.3 Å². The number of primary amides is 1. The minimum absolute atomic E-state index is 0.0159. The molecule has 0 aliphatic rings. The molecule has 8 heteroatoms. The Kier molecular flexibility index (Phi) is 4.81. The molecule has 0 fully saturated rings. The Morgan fingerprint density at radius 3 is 2.45 bits per heavy atom. The largest absolute Gasteiger partial charge is 0.383 e. The molecule has 20 heavy (non-hydrogen) atoms. The van der Waals surface area contributed by atoms with E-state index in [0.29, 0.717) is 4.47 Å². The number of hydrogen-bond donors (Lipinski definition) is 2. The fourth-order valence-electron chi connectivity index (χ4n) is 1.40. The Morgan fingerprint density at radius 1 is 1.45 bits per heavy atom. The third-order valence-corrected chi connectivity index (χ3v) is 5.62. The van der Waals surface area contributed by atoms with Crippen LogP contribution in [0.5, 0.6) is 0 Å². The predicted octanol–water partition coefficient (Wildman–Crippen LogP) is 1.92. The molecular weight excluding hydrogens is 351 g/mol. The molecule has 0 aliphatic carbocycles. The number of halogens is 2. The molecule has 0 atom stereocenters. The van der Waals surface area contributed by atoms with Gasteiger partial charge in [0.25, 0.3) is 5.91 Å². The molecule has 5 nitrogen and oxygen atoms in total. The molecule has 0 radical (unpaired) electrons. The van der Waals surface area contributed by atoms with Crippen molar-refractivity contribution < 1.29 is 17.6 Å². The van der Waals surface area contributed by atoms with Crippen molar-refractivity contribution in [1.82, 2.24) is 0 Å². The van der Waals surface area contributed by atoms with Crippen LogP contribution in [-0.2, 0) is 9.84 Å². The van der Waals surface area contributed by atoms with Crippen LogP contribution in [0.2, 0.25) is 0 Å². The number of sulfone groups is 1. The van der Waals surface area contributed by atoms with E-state index in [2.05, 4.69) is 21.2 Å². The number of carbonyl (C=O) groups excluding carboxylic acids is 1. The molecule has 0 aliphatic heterocycles. The van der Waals surface area contributed by atoms with Crippen molar-refractivity contribution in [2.75, 3.05) is 18.1 Å². The minimum atomic E-state index is -3.31. The first kappa shape index (κ1) is 16.9. The molecule has 112 valence electrons. The maximum atomic E-state index is 13.7. The zero-order valence-corrected chi connectivity index (χ0v) is 13.7. The fraction of sp³-hybridized carbons (Fsp3) is 0.417. The van der Waals surface area contributed by atoms with Crippen LogP contribution < -0.4 is 11.1 Å². The molecule has 0 aromatic heterocycles. The summed E-state index contributed by atoms with van der Waals surface area (Å²) in [4.78, 5) is 11.3. The van der Waals surface area contributed by atoms with Crippen molar-refractivity contribution in [3.05, 3.63) is 28.0 Å². The third-order valence-electron chi connectivity index (χ3n) is 3.01. The molecular formula is C12H16BrFN2O3S. The molecule has 0 unspecified atom stereocenters. The highest BCUT2D eigenvalue weighted by Crippen LogP contribution is 2.26. The lowest BCUT2D eigenvalue weighted by Crippen LogP contribution is -2.38. The summed E-state index contributed by atoms with van der Waals surface area (Å²) in [6, 6.07) is 2.59. The molecule has 1 aromatic rings. The zero-order chi connectivity index (χ0) is 15.7. The number of carbonyl (C=O) groups is 1. The summed E-state index contributed by atoms with van der Waals surface area (Å²) in [5.41, 5.74) is 5.00. The molecule has 0 bridgehead atoms. The van der Waals surface area contributed by atoms with E-state index in [1.807, 2.05) is 0 Å². The van der Waals surface area contributed by atoms with Gasteiger partial charge in [0.15, 0.2) is 9.84 Å². The second-order valence-electron chi connectivity index (χ2n) is 5.06. The highest BCUT2D eigenvalue weighted by atomic mass is 79.9. The second-order valence-corrected chi connectivity index (χ2v) is 8.63. The Hall–Kier alpha value is -1.15. The van der Waals surface area contributed by atoms with Gasteiger partial charge in [-0.2, -0.15) is 0 Å². The lowest BCUT2D eigenvalue weighted by molar-refractivity contribution is 0.0997. The van der Waals surface area contributed by atoms with E-state index in [-0.39, 0.29) is 17.8 Å². The Morgan fingerprint density at radius 2 is 2.00 bits per heavy atom. The molecule has 0 heterocycles. The van der Waals surface area contributed by atoms with E-state index in [0.717, 1.165) is 12.3 Å². The van der Waals surface area contributed by atoms with Gasteiger partial charge in [-0.25, -0.2) is 12.8 Å². The summed E-state index contributed by atoms with van der Waals surface area (Å²) < 4.78 is 36.3. The van der Waals surface area contributed by atoms with Gasteiger partial charge < -0.3 is 11.1 Å². The molecule has 0 saturated carbocycles. The van der Waals surface area contributed by atoms with E-state index in [1.54, 1.807) is 0 Å². The highest BCUT2D eigenvalue weighted by Gasteiger charge is 2.30. The van der Waals surface area contributed by atoms with Crippen LogP contribution in [0.1, 0.15) is 24.2 Å². The van der Waals surface area contributed by atoms with Crippen molar-refractivity contribution in [2.24, 2.45) is 5.73 Å². The third kappa shape index (κ3) is 3.69. The van der Waals surface area contributed by atoms with Gasteiger partial charge in [0, 0.05) is 17.3 Å². The predicted molar refractivity (Wildman–Crippen MR) is 80.0 cm³/mol. The number of anilines is 1. The van der Waals surface area contributed by atoms with Crippen LogP contribution in [0, 0.1) is 5.82 Å². The van der Waals surface area contributed by atoms with Crippen LogP contribution >= 0.6 is 15.9 Å². The van der Waals surface area contributed by atoms with Gasteiger partial charge in [0.1, 0.15) is 5.82 Å². The van der Waals surface area contributed by atoms with Gasteiger partial charge in [0.05, 0.1) is 16.0 Å². The zero-order valence-electron chi connectivity index (χ0n) is 11.3. The topological polar surface area (TPSA) is 89.3 Å². The molecule has 0 saturated heterocycles. The number of nitrogens with one attached hydrogen (secondary N) is 1. The molecule has 1 amide bonds. The maximum Gasteiger partial charge on any atom is 0.253 e. The summed E-state index contributed by atoms with van der Waals surface area (Å²) in [6.07, 6.45) is 1.12. The Balaban J connectivity index is 3.14. The molecule has 0 spiro atoms. The van der Waals surface area contributed by atoms with Crippen molar-refractivity contribution in [1.29, 1.82) is 0 Å². The quantitative estimate of drug-likeness (QED) is 0.832. The van der Waals surface area contributed by atoms with E-state index in [9.17, 15) is 17.6 Å². The SMILES string of the molecule is CC(C)(CNc1cc(Br)cc(F)c1C(N)=O)S(C)(=O)=O. The Bertz CT molecular complexity index is 644. The summed E-state index contributed by atoms with van der Waals surface area (Å²) in [6.45, 7) is 3.09. The van der Waals surface area contributed by atoms with Gasteiger partial charge in [-0.3, -0.25) is 4.79 Å². The first-order valence-electron chi connectivity index (χ1n) is 5.68. The van der Waals surface area contributed by atoms with E-state index >= 15 is 0 Å². The number of amides is 1. The minimum Gasteiger partial charge on any atom is -0.383 e. The summed E-state index contributed by atoms with van der Waals surface area (Å²) in [5.74, 6) is -1.69. The normalized spacial score (nSPS) is 12.2. The van der Waals surface area contributed by atoms with Gasteiger partial charge in [-0.05, 0) is 26.0 Å². The number of rotatable bonds is 5. The summed E-state index contributed by atoms with van der Waals surface area (Å²) in [5, 5.41) is 2.77. The lowest BCUT2D eigenvalue weighted by atomic mass is 10.1. The lowest BCUT2D eigenvalue weighted by Gasteiger charge is -2.24. The number of benzene rings is 1. The molecule has 1 aromatic carbocycles. The van der Waals surface area contributed by atoms with Crippen LogP contribution in [0.4, 0.5) is 10.1 Å². The highest BCUT2D eigenvalue weighted by molar-refractivity contribution is 9.10. The van der Waals surface area contributed by atoms with Crippen LogP contribution in [0.15, 0.2) is 16.6 Å². The smallest absolute Gasteiger partial charge is 0.253 e. The first-order chi connectivity index (χ1) is 8.95. The second kappa shape index (κ2) is 5.69. The Labute approximate surface area is 125 Å².